The van der Waals surface area contributed by atoms with Gasteiger partial charge in [-0.1, -0.05) is 6.92 Å². The summed E-state index contributed by atoms with van der Waals surface area (Å²) in [4.78, 5) is 5.37. The number of rotatable bonds is 5. The summed E-state index contributed by atoms with van der Waals surface area (Å²) in [6, 6.07) is 1.55. The minimum absolute atomic E-state index is 0.701. The van der Waals surface area contributed by atoms with Crippen molar-refractivity contribution in [3.8, 4) is 0 Å². The Labute approximate surface area is 100 Å². The predicted molar refractivity (Wildman–Crippen MR) is 68.8 cm³/mol. The second-order valence-electron chi connectivity index (χ2n) is 5.34. The van der Waals surface area contributed by atoms with E-state index in [1.54, 1.807) is 0 Å². The Hall–Kier alpha value is -0.120. The summed E-state index contributed by atoms with van der Waals surface area (Å²) in [7, 11) is 0. The molecule has 0 aliphatic carbocycles. The van der Waals surface area contributed by atoms with Crippen LogP contribution in [0.5, 0.6) is 0 Å². The zero-order chi connectivity index (χ0) is 11.4. The normalized spacial score (nSPS) is 30.0. The van der Waals surface area contributed by atoms with Crippen molar-refractivity contribution in [3.05, 3.63) is 0 Å². The maximum absolute atomic E-state index is 3.45. The third kappa shape index (κ3) is 2.96. The molecule has 2 aliphatic heterocycles. The highest BCUT2D eigenvalue weighted by molar-refractivity contribution is 4.87. The van der Waals surface area contributed by atoms with Gasteiger partial charge >= 0.3 is 0 Å². The first-order valence-electron chi connectivity index (χ1n) is 7.00. The first kappa shape index (κ1) is 12.3. The molecule has 0 spiro atoms. The lowest BCUT2D eigenvalue weighted by Crippen LogP contribution is -2.41. The van der Waals surface area contributed by atoms with Crippen LogP contribution in [-0.4, -0.2) is 61.2 Å². The van der Waals surface area contributed by atoms with E-state index < -0.39 is 0 Å². The summed E-state index contributed by atoms with van der Waals surface area (Å²) < 4.78 is 0. The summed E-state index contributed by atoms with van der Waals surface area (Å²) in [6.45, 7) is 12.1. The van der Waals surface area contributed by atoms with Gasteiger partial charge in [0.1, 0.15) is 0 Å². The number of likely N-dealkylation sites (tertiary alicyclic amines) is 2. The van der Waals surface area contributed by atoms with Crippen LogP contribution in [0.4, 0.5) is 0 Å². The Bertz CT molecular complexity index is 201. The Kier molecular flexibility index (Phi) is 4.62. The summed E-state index contributed by atoms with van der Waals surface area (Å²) in [5.74, 6) is 0. The number of likely N-dealkylation sites (N-methyl/N-ethyl adjacent to an activating group) is 1. The smallest absolute Gasteiger partial charge is 0.0235 e. The molecule has 2 fully saturated rings. The SMILES string of the molecule is CCNCC(C)N1CCC(N2CCCC2)C1. The van der Waals surface area contributed by atoms with Crippen LogP contribution in [0, 0.1) is 0 Å². The van der Waals surface area contributed by atoms with E-state index in [-0.39, 0.29) is 0 Å². The van der Waals surface area contributed by atoms with Crippen molar-refractivity contribution in [3.63, 3.8) is 0 Å². The van der Waals surface area contributed by atoms with Crippen molar-refractivity contribution in [1.29, 1.82) is 0 Å². The Morgan fingerprint density at radius 3 is 2.69 bits per heavy atom. The lowest BCUT2D eigenvalue weighted by molar-refractivity contribution is 0.205. The number of hydrogen-bond donors (Lipinski definition) is 1. The molecule has 94 valence electrons. The highest BCUT2D eigenvalue weighted by Crippen LogP contribution is 2.21. The molecule has 3 nitrogen and oxygen atoms in total. The zero-order valence-electron chi connectivity index (χ0n) is 10.9. The van der Waals surface area contributed by atoms with Crippen LogP contribution in [0.1, 0.15) is 33.1 Å². The van der Waals surface area contributed by atoms with Gasteiger partial charge in [0.2, 0.25) is 0 Å². The van der Waals surface area contributed by atoms with Crippen LogP contribution in [-0.2, 0) is 0 Å². The highest BCUT2D eigenvalue weighted by Gasteiger charge is 2.30. The fourth-order valence-corrected chi connectivity index (χ4v) is 3.06. The van der Waals surface area contributed by atoms with Gasteiger partial charge in [-0.2, -0.15) is 0 Å². The first-order valence-corrected chi connectivity index (χ1v) is 7.00. The topological polar surface area (TPSA) is 18.5 Å². The molecule has 2 rings (SSSR count). The van der Waals surface area contributed by atoms with Crippen LogP contribution >= 0.6 is 0 Å². The van der Waals surface area contributed by atoms with Crippen molar-refractivity contribution in [2.45, 2.75) is 45.2 Å². The van der Waals surface area contributed by atoms with E-state index in [4.69, 9.17) is 0 Å². The van der Waals surface area contributed by atoms with Gasteiger partial charge in [0.25, 0.3) is 0 Å². The lowest BCUT2D eigenvalue weighted by Gasteiger charge is -2.27. The van der Waals surface area contributed by atoms with Gasteiger partial charge in [-0.15, -0.1) is 0 Å². The quantitative estimate of drug-likeness (QED) is 0.757. The van der Waals surface area contributed by atoms with Gasteiger partial charge in [-0.3, -0.25) is 9.80 Å². The molecule has 0 aromatic heterocycles. The van der Waals surface area contributed by atoms with E-state index >= 15 is 0 Å². The molecule has 2 aliphatic rings. The average Bonchev–Trinajstić information content (AvgIpc) is 2.94. The molecule has 0 amide bonds. The maximum Gasteiger partial charge on any atom is 0.0235 e. The standard InChI is InChI=1S/C13H27N3/c1-3-14-10-12(2)16-9-6-13(11-16)15-7-4-5-8-15/h12-14H,3-11H2,1-2H3. The zero-order valence-corrected chi connectivity index (χ0v) is 10.9. The van der Waals surface area contributed by atoms with Gasteiger partial charge in [0, 0.05) is 31.7 Å². The molecular formula is C13H27N3. The van der Waals surface area contributed by atoms with E-state index in [9.17, 15) is 0 Å². The Morgan fingerprint density at radius 1 is 1.25 bits per heavy atom. The molecule has 2 saturated heterocycles. The van der Waals surface area contributed by atoms with Gasteiger partial charge in [0.15, 0.2) is 0 Å². The molecular weight excluding hydrogens is 198 g/mol. The predicted octanol–water partition coefficient (Wildman–Crippen LogP) is 1.15. The van der Waals surface area contributed by atoms with Crippen LogP contribution in [0.25, 0.3) is 0 Å². The maximum atomic E-state index is 3.45. The van der Waals surface area contributed by atoms with Crippen molar-refractivity contribution in [1.82, 2.24) is 15.1 Å². The molecule has 0 radical (unpaired) electrons. The molecule has 0 aromatic rings. The number of nitrogens with one attached hydrogen (secondary N) is 1. The van der Waals surface area contributed by atoms with E-state index in [1.807, 2.05) is 0 Å². The third-order valence-electron chi connectivity index (χ3n) is 4.16. The molecule has 0 saturated carbocycles. The van der Waals surface area contributed by atoms with Crippen LogP contribution < -0.4 is 5.32 Å². The summed E-state index contributed by atoms with van der Waals surface area (Å²) >= 11 is 0. The first-order chi connectivity index (χ1) is 7.81. The van der Waals surface area contributed by atoms with Crippen molar-refractivity contribution in [2.75, 3.05) is 39.3 Å². The summed E-state index contributed by atoms with van der Waals surface area (Å²) in [6.07, 6.45) is 4.23. The lowest BCUT2D eigenvalue weighted by atomic mass is 10.2. The largest absolute Gasteiger partial charge is 0.315 e. The van der Waals surface area contributed by atoms with Crippen LogP contribution in [0.15, 0.2) is 0 Å². The minimum Gasteiger partial charge on any atom is -0.315 e. The Morgan fingerprint density at radius 2 is 2.00 bits per heavy atom. The van der Waals surface area contributed by atoms with E-state index in [0.29, 0.717) is 6.04 Å². The van der Waals surface area contributed by atoms with E-state index in [1.165, 1.54) is 45.4 Å². The molecule has 0 bridgehead atoms. The monoisotopic (exact) mass is 225 g/mol. The van der Waals surface area contributed by atoms with E-state index in [0.717, 1.165) is 19.1 Å². The second kappa shape index (κ2) is 5.99. The molecule has 3 heteroatoms. The fraction of sp³-hybridized carbons (Fsp3) is 1.00. The van der Waals surface area contributed by atoms with Gasteiger partial charge < -0.3 is 5.32 Å². The van der Waals surface area contributed by atoms with Gasteiger partial charge in [0.05, 0.1) is 0 Å². The molecule has 2 unspecified atom stereocenters. The van der Waals surface area contributed by atoms with E-state index in [2.05, 4.69) is 29.0 Å². The highest BCUT2D eigenvalue weighted by atomic mass is 15.3. The molecule has 2 atom stereocenters. The summed E-state index contributed by atoms with van der Waals surface area (Å²) in [5.41, 5.74) is 0. The minimum atomic E-state index is 0.701. The van der Waals surface area contributed by atoms with Crippen LogP contribution in [0.3, 0.4) is 0 Å². The molecule has 0 aromatic carbocycles. The van der Waals surface area contributed by atoms with Crippen molar-refractivity contribution < 1.29 is 0 Å². The summed E-state index contributed by atoms with van der Waals surface area (Å²) in [5, 5.41) is 3.45. The third-order valence-corrected chi connectivity index (χ3v) is 4.16. The van der Waals surface area contributed by atoms with Gasteiger partial charge in [-0.05, 0) is 45.8 Å². The molecule has 1 N–H and O–H groups in total. The van der Waals surface area contributed by atoms with Crippen molar-refractivity contribution >= 4 is 0 Å². The van der Waals surface area contributed by atoms with Crippen molar-refractivity contribution in [2.24, 2.45) is 0 Å². The molecule has 2 heterocycles. The molecule has 16 heavy (non-hydrogen) atoms. The fourth-order valence-electron chi connectivity index (χ4n) is 3.06. The average molecular weight is 225 g/mol. The number of hydrogen-bond acceptors (Lipinski definition) is 3. The van der Waals surface area contributed by atoms with Gasteiger partial charge in [-0.25, -0.2) is 0 Å². The number of nitrogens with zero attached hydrogens (tertiary/aromatic N) is 2. The second-order valence-corrected chi connectivity index (χ2v) is 5.34. The van der Waals surface area contributed by atoms with Crippen LogP contribution in [0.2, 0.25) is 0 Å². The Balaban J connectivity index is 1.73.